The largest absolute Gasteiger partial charge is 0.490 e. The van der Waals surface area contributed by atoms with Crippen LogP contribution >= 0.6 is 15.9 Å². The highest BCUT2D eigenvalue weighted by Crippen LogP contribution is 2.39. The SMILES string of the molecule is CCOc1cc(C=Nn2c(C3CCCCC3)nc3ccc(Br)cc3c2=O)cc([N+](=O)[O-])c1O[C@H](C)C(=O)O. The maximum absolute atomic E-state index is 13.5. The van der Waals surface area contributed by atoms with Gasteiger partial charge >= 0.3 is 11.7 Å². The van der Waals surface area contributed by atoms with Crippen molar-refractivity contribution in [2.24, 2.45) is 5.10 Å². The summed E-state index contributed by atoms with van der Waals surface area (Å²) < 4.78 is 12.9. The molecular formula is C26H27BrN4O7. The molecule has 1 saturated carbocycles. The molecule has 1 aromatic heterocycles. The number of rotatable bonds is 9. The summed E-state index contributed by atoms with van der Waals surface area (Å²) in [5.41, 5.74) is 0.0219. The second kappa shape index (κ2) is 11.7. The maximum Gasteiger partial charge on any atom is 0.344 e. The Bertz CT molecular complexity index is 1460. The van der Waals surface area contributed by atoms with Crippen LogP contribution < -0.4 is 15.0 Å². The number of aliphatic carboxylic acids is 1. The van der Waals surface area contributed by atoms with E-state index in [4.69, 9.17) is 14.5 Å². The Morgan fingerprint density at radius 2 is 2.05 bits per heavy atom. The van der Waals surface area contributed by atoms with Crippen molar-refractivity contribution in [3.05, 3.63) is 66.7 Å². The van der Waals surface area contributed by atoms with Gasteiger partial charge in [0.1, 0.15) is 5.82 Å². The van der Waals surface area contributed by atoms with E-state index in [0.29, 0.717) is 16.7 Å². The smallest absolute Gasteiger partial charge is 0.344 e. The number of benzene rings is 2. The Morgan fingerprint density at radius 3 is 2.71 bits per heavy atom. The molecule has 1 fully saturated rings. The molecule has 0 spiro atoms. The third-order valence-corrected chi connectivity index (χ3v) is 6.82. The molecule has 38 heavy (non-hydrogen) atoms. The number of aromatic nitrogens is 2. The van der Waals surface area contributed by atoms with E-state index in [9.17, 15) is 24.8 Å². The average molecular weight is 587 g/mol. The van der Waals surface area contributed by atoms with Crippen molar-refractivity contribution in [3.63, 3.8) is 0 Å². The Kier molecular flexibility index (Phi) is 8.40. The number of carboxylic acid groups (broad SMARTS) is 1. The molecule has 1 heterocycles. The lowest BCUT2D eigenvalue weighted by atomic mass is 9.88. The Balaban J connectivity index is 1.84. The highest BCUT2D eigenvalue weighted by molar-refractivity contribution is 9.10. The molecule has 0 saturated heterocycles. The zero-order valence-electron chi connectivity index (χ0n) is 20.9. The van der Waals surface area contributed by atoms with Gasteiger partial charge in [0.25, 0.3) is 5.56 Å². The van der Waals surface area contributed by atoms with Gasteiger partial charge in [-0.2, -0.15) is 9.78 Å². The average Bonchev–Trinajstić information content (AvgIpc) is 2.89. The van der Waals surface area contributed by atoms with E-state index in [-0.39, 0.29) is 35.1 Å². The van der Waals surface area contributed by atoms with Crippen LogP contribution in [0.3, 0.4) is 0 Å². The monoisotopic (exact) mass is 586 g/mol. The van der Waals surface area contributed by atoms with Crippen molar-refractivity contribution in [2.75, 3.05) is 6.61 Å². The Labute approximate surface area is 226 Å². The van der Waals surface area contributed by atoms with Crippen LogP contribution in [0.15, 0.2) is 44.7 Å². The van der Waals surface area contributed by atoms with E-state index in [1.54, 1.807) is 19.1 Å². The summed E-state index contributed by atoms with van der Waals surface area (Å²) in [5, 5.41) is 25.9. The van der Waals surface area contributed by atoms with Crippen LogP contribution in [0.5, 0.6) is 11.5 Å². The summed E-state index contributed by atoms with van der Waals surface area (Å²) in [6, 6.07) is 7.97. The topological polar surface area (TPSA) is 146 Å². The summed E-state index contributed by atoms with van der Waals surface area (Å²) in [4.78, 5) is 40.8. The normalized spacial score (nSPS) is 15.0. The molecule has 11 nitrogen and oxygen atoms in total. The highest BCUT2D eigenvalue weighted by atomic mass is 79.9. The van der Waals surface area contributed by atoms with Crippen molar-refractivity contribution in [1.29, 1.82) is 0 Å². The fourth-order valence-electron chi connectivity index (χ4n) is 4.45. The third-order valence-electron chi connectivity index (χ3n) is 6.32. The van der Waals surface area contributed by atoms with Gasteiger partial charge in [0.15, 0.2) is 11.9 Å². The van der Waals surface area contributed by atoms with Crippen LogP contribution in [-0.2, 0) is 4.79 Å². The van der Waals surface area contributed by atoms with Crippen LogP contribution in [0.1, 0.15) is 63.3 Å². The van der Waals surface area contributed by atoms with E-state index in [0.717, 1.165) is 36.6 Å². The number of hydrogen-bond donors (Lipinski definition) is 1. The molecule has 1 N–H and O–H groups in total. The van der Waals surface area contributed by atoms with Crippen molar-refractivity contribution in [2.45, 2.75) is 58.0 Å². The Hall–Kier alpha value is -3.80. The minimum absolute atomic E-state index is 0.00309. The highest BCUT2D eigenvalue weighted by Gasteiger charge is 2.27. The van der Waals surface area contributed by atoms with Gasteiger partial charge < -0.3 is 14.6 Å². The molecular weight excluding hydrogens is 560 g/mol. The molecule has 4 rings (SSSR count). The van der Waals surface area contributed by atoms with Crippen LogP contribution in [0, 0.1) is 10.1 Å². The van der Waals surface area contributed by atoms with Crippen LogP contribution in [0.4, 0.5) is 5.69 Å². The van der Waals surface area contributed by atoms with E-state index in [1.165, 1.54) is 29.9 Å². The van der Waals surface area contributed by atoms with Crippen molar-refractivity contribution >= 4 is 44.7 Å². The third kappa shape index (κ3) is 5.85. The second-order valence-electron chi connectivity index (χ2n) is 8.98. The molecule has 0 unspecified atom stereocenters. The first kappa shape index (κ1) is 27.2. The van der Waals surface area contributed by atoms with E-state index < -0.39 is 22.7 Å². The maximum atomic E-state index is 13.5. The number of nitro groups is 1. The zero-order valence-corrected chi connectivity index (χ0v) is 22.5. The number of nitrogens with zero attached hydrogens (tertiary/aromatic N) is 4. The molecule has 3 aromatic rings. The number of nitro benzene ring substituents is 1. The van der Waals surface area contributed by atoms with E-state index in [2.05, 4.69) is 21.0 Å². The molecule has 0 amide bonds. The molecule has 200 valence electrons. The molecule has 0 bridgehead atoms. The molecule has 1 aliphatic carbocycles. The van der Waals surface area contributed by atoms with Gasteiger partial charge in [0.2, 0.25) is 5.75 Å². The Morgan fingerprint density at radius 1 is 1.32 bits per heavy atom. The van der Waals surface area contributed by atoms with Gasteiger partial charge in [-0.1, -0.05) is 35.2 Å². The predicted octanol–water partition coefficient (Wildman–Crippen LogP) is 5.25. The molecule has 12 heteroatoms. The summed E-state index contributed by atoms with van der Waals surface area (Å²) in [7, 11) is 0. The van der Waals surface area contributed by atoms with Gasteiger partial charge in [0.05, 0.1) is 28.6 Å². The number of ether oxygens (including phenoxy) is 2. The summed E-state index contributed by atoms with van der Waals surface area (Å²) in [5.74, 6) is -0.964. The number of hydrogen-bond acceptors (Lipinski definition) is 8. The molecule has 2 aromatic carbocycles. The molecule has 0 aliphatic heterocycles. The van der Waals surface area contributed by atoms with E-state index in [1.807, 2.05) is 6.07 Å². The van der Waals surface area contributed by atoms with Crippen molar-refractivity contribution in [3.8, 4) is 11.5 Å². The van der Waals surface area contributed by atoms with Crippen LogP contribution in [-0.4, -0.2) is 44.6 Å². The number of fused-ring (bicyclic) bond motifs is 1. The number of halogens is 1. The van der Waals surface area contributed by atoms with Gasteiger partial charge in [-0.25, -0.2) is 9.78 Å². The minimum atomic E-state index is -1.34. The summed E-state index contributed by atoms with van der Waals surface area (Å²) in [6.45, 7) is 3.11. The standard InChI is InChI=1S/C26H27BrN4O7/c1-3-37-22-12-16(11-21(31(35)36)23(22)38-15(2)26(33)34)14-28-30-24(17-7-5-4-6-8-17)29-20-10-9-18(27)13-19(20)25(30)32/h9-15,17H,3-8H2,1-2H3,(H,33,34)/t15-/m1/s1. The number of carbonyl (C=O) groups is 1. The minimum Gasteiger partial charge on any atom is -0.490 e. The lowest BCUT2D eigenvalue weighted by molar-refractivity contribution is -0.386. The van der Waals surface area contributed by atoms with Gasteiger partial charge in [0, 0.05) is 22.0 Å². The van der Waals surface area contributed by atoms with Gasteiger partial charge in [-0.15, -0.1) is 0 Å². The van der Waals surface area contributed by atoms with Crippen LogP contribution in [0.2, 0.25) is 0 Å². The first-order chi connectivity index (χ1) is 18.2. The zero-order chi connectivity index (χ0) is 27.4. The fourth-order valence-corrected chi connectivity index (χ4v) is 4.81. The summed E-state index contributed by atoms with van der Waals surface area (Å²) in [6.07, 6.45) is 4.95. The molecule has 1 aliphatic rings. The second-order valence-corrected chi connectivity index (χ2v) is 9.90. The van der Waals surface area contributed by atoms with Crippen molar-refractivity contribution < 1.29 is 24.3 Å². The van der Waals surface area contributed by atoms with Gasteiger partial charge in [-0.3, -0.25) is 14.9 Å². The fraction of sp³-hybridized carbons (Fsp3) is 0.385. The predicted molar refractivity (Wildman–Crippen MR) is 145 cm³/mol. The van der Waals surface area contributed by atoms with Gasteiger partial charge in [-0.05, 0) is 51.0 Å². The lowest BCUT2D eigenvalue weighted by Crippen LogP contribution is -2.25. The first-order valence-electron chi connectivity index (χ1n) is 12.3. The quantitative estimate of drug-likeness (QED) is 0.203. The first-order valence-corrected chi connectivity index (χ1v) is 13.1. The summed E-state index contributed by atoms with van der Waals surface area (Å²) >= 11 is 3.40. The van der Waals surface area contributed by atoms with E-state index >= 15 is 0 Å². The van der Waals surface area contributed by atoms with Crippen molar-refractivity contribution in [1.82, 2.24) is 9.66 Å². The number of carboxylic acids is 1. The van der Waals surface area contributed by atoms with Crippen LogP contribution in [0.25, 0.3) is 10.9 Å². The molecule has 0 radical (unpaired) electrons. The molecule has 1 atom stereocenters. The lowest BCUT2D eigenvalue weighted by Gasteiger charge is -2.22.